The van der Waals surface area contributed by atoms with Gasteiger partial charge in [-0.15, -0.1) is 0 Å². The van der Waals surface area contributed by atoms with E-state index in [1.807, 2.05) is 37.3 Å². The summed E-state index contributed by atoms with van der Waals surface area (Å²) >= 11 is 7.70. The minimum atomic E-state index is -0.815. The van der Waals surface area contributed by atoms with Gasteiger partial charge in [0.15, 0.2) is 4.80 Å². The zero-order valence-electron chi connectivity index (χ0n) is 24.6. The highest BCUT2D eigenvalue weighted by molar-refractivity contribution is 7.07. The first-order chi connectivity index (χ1) is 20.8. The second-order valence-corrected chi connectivity index (χ2v) is 11.6. The van der Waals surface area contributed by atoms with Crippen LogP contribution in [0.2, 0.25) is 5.02 Å². The average Bonchev–Trinajstić information content (AvgIpc) is 3.31. The highest BCUT2D eigenvalue weighted by Gasteiger charge is 2.36. The van der Waals surface area contributed by atoms with E-state index in [0.29, 0.717) is 50.0 Å². The molecule has 0 N–H and O–H groups in total. The van der Waals surface area contributed by atoms with Gasteiger partial charge in [0.05, 0.1) is 29.5 Å². The highest BCUT2D eigenvalue weighted by Crippen LogP contribution is 2.38. The van der Waals surface area contributed by atoms with E-state index in [2.05, 4.69) is 31.2 Å². The van der Waals surface area contributed by atoms with E-state index in [-0.39, 0.29) is 12.2 Å². The lowest BCUT2D eigenvalue weighted by Crippen LogP contribution is -2.40. The van der Waals surface area contributed by atoms with Crippen LogP contribution in [0.15, 0.2) is 87.8 Å². The summed E-state index contributed by atoms with van der Waals surface area (Å²) in [4.78, 5) is 32.8. The molecule has 7 nitrogen and oxygen atoms in total. The molecule has 1 atom stereocenters. The summed E-state index contributed by atoms with van der Waals surface area (Å²) in [6.45, 7) is 6.48. The maximum Gasteiger partial charge on any atom is 0.338 e. The van der Waals surface area contributed by atoms with Crippen LogP contribution in [0, 0.1) is 6.92 Å². The molecule has 1 aliphatic rings. The summed E-state index contributed by atoms with van der Waals surface area (Å²) in [6.07, 6.45) is 3.13. The molecule has 3 aromatic carbocycles. The second-order valence-electron chi connectivity index (χ2n) is 10.1. The van der Waals surface area contributed by atoms with E-state index in [4.69, 9.17) is 30.8 Å². The molecule has 222 valence electrons. The lowest BCUT2D eigenvalue weighted by atomic mass is 9.93. The summed E-state index contributed by atoms with van der Waals surface area (Å²) in [5, 5.41) is 0.458. The molecule has 5 rings (SSSR count). The summed E-state index contributed by atoms with van der Waals surface area (Å²) < 4.78 is 19.1. The third-order valence-electron chi connectivity index (χ3n) is 7.08. The monoisotopic (exact) mass is 616 g/mol. The van der Waals surface area contributed by atoms with Gasteiger partial charge in [0.25, 0.3) is 5.56 Å². The minimum Gasteiger partial charge on any atom is -0.496 e. The number of rotatable bonds is 10. The van der Waals surface area contributed by atoms with Crippen LogP contribution in [-0.2, 0) is 16.1 Å². The lowest BCUT2D eigenvalue weighted by molar-refractivity contribution is -0.139. The number of carbonyl (C=O) groups is 1. The Morgan fingerprint density at radius 3 is 2.49 bits per heavy atom. The second kappa shape index (κ2) is 13.4. The van der Waals surface area contributed by atoms with Crippen molar-refractivity contribution in [1.29, 1.82) is 0 Å². The number of hydrogen-bond donors (Lipinski definition) is 0. The molecule has 0 spiro atoms. The summed E-state index contributed by atoms with van der Waals surface area (Å²) in [7, 11) is 1.55. The first-order valence-electron chi connectivity index (χ1n) is 14.2. The molecule has 2 heterocycles. The molecule has 0 saturated carbocycles. The molecular formula is C34H33ClN2O5S. The summed E-state index contributed by atoms with van der Waals surface area (Å²) in [5.74, 6) is 0.720. The molecular weight excluding hydrogens is 584 g/mol. The molecule has 0 amide bonds. The minimum absolute atomic E-state index is 0.191. The fraction of sp³-hybridized carbons (Fsp3) is 0.265. The topological polar surface area (TPSA) is 79.1 Å². The molecule has 1 aromatic heterocycles. The van der Waals surface area contributed by atoms with Gasteiger partial charge in [-0.1, -0.05) is 78.2 Å². The van der Waals surface area contributed by atoms with Crippen molar-refractivity contribution in [1.82, 2.24) is 4.57 Å². The Hall–Kier alpha value is -4.14. The van der Waals surface area contributed by atoms with Crippen LogP contribution in [0.5, 0.6) is 11.5 Å². The van der Waals surface area contributed by atoms with Crippen LogP contribution in [0.4, 0.5) is 0 Å². The van der Waals surface area contributed by atoms with Gasteiger partial charge in [-0.05, 0) is 67.8 Å². The first-order valence-corrected chi connectivity index (χ1v) is 15.4. The predicted octanol–water partition coefficient (Wildman–Crippen LogP) is 6.13. The normalized spacial score (nSPS) is 14.7. The van der Waals surface area contributed by atoms with Gasteiger partial charge >= 0.3 is 5.97 Å². The van der Waals surface area contributed by atoms with Gasteiger partial charge in [-0.3, -0.25) is 9.36 Å². The number of allylic oxidation sites excluding steroid dienone is 1. The molecule has 0 aliphatic carbocycles. The van der Waals surface area contributed by atoms with Gasteiger partial charge in [-0.25, -0.2) is 9.79 Å². The standard InChI is InChI=1S/C34H33ClN2O5S/c1-5-7-27-30(33(39)41-6-2)31(26-19-24(35)14-17-28(26)40-4)37-32(38)29(43-34(37)36-27)18-22-12-15-25(16-13-22)42-20-23-10-8-21(3)9-11-23/h8-19,31H,5-7,20H2,1-4H3/b29-18+/t31-/m0/s1. The molecule has 43 heavy (non-hydrogen) atoms. The van der Waals surface area contributed by atoms with Crippen molar-refractivity contribution in [3.63, 3.8) is 0 Å². The van der Waals surface area contributed by atoms with Crippen LogP contribution in [0.1, 0.15) is 55.0 Å². The largest absolute Gasteiger partial charge is 0.496 e. The van der Waals surface area contributed by atoms with Crippen molar-refractivity contribution in [3.8, 4) is 11.5 Å². The van der Waals surface area contributed by atoms with Crippen molar-refractivity contribution >= 4 is 35.0 Å². The smallest absolute Gasteiger partial charge is 0.338 e. The summed E-state index contributed by atoms with van der Waals surface area (Å²) in [6, 6.07) is 20.2. The fourth-order valence-corrected chi connectivity index (χ4v) is 6.20. The molecule has 0 bridgehead atoms. The molecule has 0 radical (unpaired) electrons. The van der Waals surface area contributed by atoms with E-state index in [0.717, 1.165) is 23.3 Å². The van der Waals surface area contributed by atoms with Crippen LogP contribution in [-0.4, -0.2) is 24.3 Å². The molecule has 0 unspecified atom stereocenters. The number of methoxy groups -OCH3 is 1. The number of aryl methyl sites for hydroxylation is 1. The Kier molecular flexibility index (Phi) is 9.48. The fourth-order valence-electron chi connectivity index (χ4n) is 5.00. The van der Waals surface area contributed by atoms with E-state index in [1.165, 1.54) is 16.9 Å². The van der Waals surface area contributed by atoms with Crippen LogP contribution >= 0.6 is 22.9 Å². The quantitative estimate of drug-likeness (QED) is 0.200. The number of nitrogens with zero attached hydrogens (tertiary/aromatic N) is 2. The Morgan fingerprint density at radius 1 is 1.07 bits per heavy atom. The number of aromatic nitrogens is 1. The highest BCUT2D eigenvalue weighted by atomic mass is 35.5. The Balaban J connectivity index is 1.57. The SMILES string of the molecule is CCCC1=C(C(=O)OCC)[C@H](c2cc(Cl)ccc2OC)n2c(s/c(=C/c3ccc(OCc4ccc(C)cc4)cc3)c2=O)=N1. The van der Waals surface area contributed by atoms with Gasteiger partial charge in [0.1, 0.15) is 24.1 Å². The van der Waals surface area contributed by atoms with Crippen LogP contribution in [0.25, 0.3) is 6.08 Å². The maximum atomic E-state index is 14.0. The van der Waals surface area contributed by atoms with E-state index < -0.39 is 12.0 Å². The van der Waals surface area contributed by atoms with Crippen molar-refractivity contribution in [2.24, 2.45) is 4.99 Å². The number of thiazole rings is 1. The summed E-state index contributed by atoms with van der Waals surface area (Å²) in [5.41, 5.74) is 4.36. The number of halogens is 1. The third-order valence-corrected chi connectivity index (χ3v) is 8.30. The third kappa shape index (κ3) is 6.60. The van der Waals surface area contributed by atoms with Crippen molar-refractivity contribution in [3.05, 3.63) is 125 Å². The Labute approximate surface area is 259 Å². The van der Waals surface area contributed by atoms with Gasteiger partial charge in [0, 0.05) is 10.6 Å². The zero-order chi connectivity index (χ0) is 30.5. The number of hydrogen-bond acceptors (Lipinski definition) is 7. The predicted molar refractivity (Wildman–Crippen MR) is 170 cm³/mol. The van der Waals surface area contributed by atoms with Crippen molar-refractivity contribution in [2.45, 2.75) is 46.3 Å². The van der Waals surface area contributed by atoms with Crippen molar-refractivity contribution < 1.29 is 19.0 Å². The van der Waals surface area contributed by atoms with Crippen molar-refractivity contribution in [2.75, 3.05) is 13.7 Å². The van der Waals surface area contributed by atoms with E-state index in [1.54, 1.807) is 36.8 Å². The maximum absolute atomic E-state index is 14.0. The zero-order valence-corrected chi connectivity index (χ0v) is 26.1. The van der Waals surface area contributed by atoms with E-state index in [9.17, 15) is 9.59 Å². The Morgan fingerprint density at radius 2 is 1.81 bits per heavy atom. The lowest BCUT2D eigenvalue weighted by Gasteiger charge is -2.27. The van der Waals surface area contributed by atoms with Gasteiger partial charge in [0.2, 0.25) is 0 Å². The number of fused-ring (bicyclic) bond motifs is 1. The molecule has 0 saturated heterocycles. The Bertz CT molecular complexity index is 1840. The average molecular weight is 617 g/mol. The van der Waals surface area contributed by atoms with Crippen LogP contribution < -0.4 is 24.4 Å². The number of ether oxygens (including phenoxy) is 3. The number of esters is 1. The number of benzene rings is 3. The molecule has 4 aromatic rings. The van der Waals surface area contributed by atoms with Gasteiger partial charge < -0.3 is 14.2 Å². The van der Waals surface area contributed by atoms with Crippen LogP contribution in [0.3, 0.4) is 0 Å². The van der Waals surface area contributed by atoms with E-state index >= 15 is 0 Å². The molecule has 9 heteroatoms. The number of carbonyl (C=O) groups excluding carboxylic acids is 1. The molecule has 1 aliphatic heterocycles. The molecule has 0 fully saturated rings. The first kappa shape index (κ1) is 30.3. The van der Waals surface area contributed by atoms with Gasteiger partial charge in [-0.2, -0.15) is 0 Å².